The number of ether oxygens (including phenoxy) is 2. The monoisotopic (exact) mass is 513 g/mol. The number of aryl methyl sites for hydroxylation is 1. The quantitative estimate of drug-likeness (QED) is 0.297. The summed E-state index contributed by atoms with van der Waals surface area (Å²) in [4.78, 5) is 35.5. The van der Waals surface area contributed by atoms with Crippen molar-refractivity contribution in [2.75, 3.05) is 13.2 Å². The van der Waals surface area contributed by atoms with Crippen molar-refractivity contribution in [3.8, 4) is 5.75 Å². The summed E-state index contributed by atoms with van der Waals surface area (Å²) in [6.45, 7) is 9.81. The van der Waals surface area contributed by atoms with Crippen molar-refractivity contribution < 1.29 is 14.3 Å². The highest BCUT2D eigenvalue weighted by Gasteiger charge is 2.33. The molecule has 4 aromatic rings. The molecule has 8 heteroatoms. The van der Waals surface area contributed by atoms with Crippen LogP contribution in [0.2, 0.25) is 0 Å². The molecule has 7 nitrogen and oxygen atoms in total. The highest BCUT2D eigenvalue weighted by atomic mass is 32.1. The van der Waals surface area contributed by atoms with Crippen LogP contribution in [0.4, 0.5) is 0 Å². The van der Waals surface area contributed by atoms with Crippen LogP contribution >= 0.6 is 11.3 Å². The Balaban J connectivity index is 1.70. The minimum Gasteiger partial charge on any atom is -0.490 e. The molecule has 0 saturated carbocycles. The number of hydrogen-bond donors (Lipinski definition) is 1. The first-order valence-corrected chi connectivity index (χ1v) is 12.8. The molecule has 0 aliphatic carbocycles. The highest BCUT2D eigenvalue weighted by Crippen LogP contribution is 2.31. The molecule has 188 valence electrons. The van der Waals surface area contributed by atoms with Gasteiger partial charge in [0.25, 0.3) is 5.56 Å². The van der Waals surface area contributed by atoms with E-state index in [9.17, 15) is 9.59 Å². The normalized spacial score (nSPS) is 15.4. The third-order valence-electron chi connectivity index (χ3n) is 6.30. The van der Waals surface area contributed by atoms with Gasteiger partial charge in [0.1, 0.15) is 12.4 Å². The summed E-state index contributed by atoms with van der Waals surface area (Å²) in [5, 5.41) is 1.04. The number of H-pyrrole nitrogens is 1. The number of esters is 1. The van der Waals surface area contributed by atoms with Gasteiger partial charge in [0.2, 0.25) is 0 Å². The third-order valence-corrected chi connectivity index (χ3v) is 7.28. The van der Waals surface area contributed by atoms with E-state index in [2.05, 4.69) is 16.6 Å². The zero-order valence-corrected chi connectivity index (χ0v) is 21.7. The second kappa shape index (κ2) is 10.1. The lowest BCUT2D eigenvalue weighted by molar-refractivity contribution is -0.139. The number of hydrogen-bond acceptors (Lipinski definition) is 6. The van der Waals surface area contributed by atoms with Crippen LogP contribution < -0.4 is 19.6 Å². The maximum absolute atomic E-state index is 13.9. The zero-order chi connectivity index (χ0) is 26.1. The number of thiazole rings is 1. The number of nitrogens with one attached hydrogen (secondary N) is 1. The van der Waals surface area contributed by atoms with Gasteiger partial charge in [-0.05, 0) is 50.6 Å². The van der Waals surface area contributed by atoms with Crippen molar-refractivity contribution in [2.45, 2.75) is 26.8 Å². The molecule has 0 fully saturated rings. The Kier molecular flexibility index (Phi) is 6.67. The van der Waals surface area contributed by atoms with Gasteiger partial charge in [-0.2, -0.15) is 0 Å². The van der Waals surface area contributed by atoms with Crippen molar-refractivity contribution in [1.29, 1.82) is 0 Å². The fourth-order valence-electron chi connectivity index (χ4n) is 4.62. The first-order chi connectivity index (χ1) is 17.9. The van der Waals surface area contributed by atoms with E-state index in [1.165, 1.54) is 11.3 Å². The van der Waals surface area contributed by atoms with E-state index >= 15 is 0 Å². The van der Waals surface area contributed by atoms with Gasteiger partial charge in [0.05, 0.1) is 28.5 Å². The number of para-hydroxylation sites is 1. The fraction of sp³-hybridized carbons (Fsp3) is 0.207. The van der Waals surface area contributed by atoms with Crippen LogP contribution in [-0.4, -0.2) is 28.7 Å². The Morgan fingerprint density at radius 3 is 2.68 bits per heavy atom. The smallest absolute Gasteiger partial charge is 0.338 e. The van der Waals surface area contributed by atoms with Crippen LogP contribution in [0, 0.1) is 6.92 Å². The van der Waals surface area contributed by atoms with E-state index in [0.717, 1.165) is 27.7 Å². The minimum atomic E-state index is -0.671. The van der Waals surface area contributed by atoms with Gasteiger partial charge in [0.15, 0.2) is 4.80 Å². The standard InChI is InChI=1S/C29H27N3O4S/c1-5-15-36-20-13-11-19(12-14-20)26-25(28(34)35-6-2)18(4)31-29-32(26)27(33)24(37-29)16-22-17(3)30-23-10-8-7-9-21(22)23/h5,7-14,16,26,30H,1,6,15H2,2-4H3/b24-16-/t26-/m1/s1. The maximum atomic E-state index is 13.9. The molecular formula is C29H27N3O4S. The van der Waals surface area contributed by atoms with Gasteiger partial charge in [0, 0.05) is 22.2 Å². The zero-order valence-electron chi connectivity index (χ0n) is 20.9. The lowest BCUT2D eigenvalue weighted by atomic mass is 9.96. The van der Waals surface area contributed by atoms with Crippen LogP contribution in [0.5, 0.6) is 5.75 Å². The van der Waals surface area contributed by atoms with Crippen molar-refractivity contribution in [1.82, 2.24) is 9.55 Å². The summed E-state index contributed by atoms with van der Waals surface area (Å²) < 4.78 is 13.1. The number of rotatable bonds is 7. The van der Waals surface area contributed by atoms with Gasteiger partial charge in [-0.1, -0.05) is 54.3 Å². The van der Waals surface area contributed by atoms with Gasteiger partial charge in [-0.15, -0.1) is 0 Å². The predicted molar refractivity (Wildman–Crippen MR) is 146 cm³/mol. The topological polar surface area (TPSA) is 85.7 Å². The number of fused-ring (bicyclic) bond motifs is 2. The van der Waals surface area contributed by atoms with Crippen LogP contribution in [-0.2, 0) is 9.53 Å². The maximum Gasteiger partial charge on any atom is 0.338 e. The van der Waals surface area contributed by atoms with E-state index in [1.54, 1.807) is 24.5 Å². The molecule has 0 spiro atoms. The molecule has 1 aliphatic heterocycles. The Bertz CT molecular complexity index is 1720. The van der Waals surface area contributed by atoms with Gasteiger partial charge in [-0.25, -0.2) is 9.79 Å². The molecule has 0 radical (unpaired) electrons. The van der Waals surface area contributed by atoms with E-state index in [-0.39, 0.29) is 12.2 Å². The van der Waals surface area contributed by atoms with Crippen LogP contribution in [0.3, 0.4) is 0 Å². The Morgan fingerprint density at radius 1 is 1.19 bits per heavy atom. The van der Waals surface area contributed by atoms with E-state index in [1.807, 2.05) is 61.5 Å². The Hall–Kier alpha value is -4.17. The average molecular weight is 514 g/mol. The lowest BCUT2D eigenvalue weighted by Gasteiger charge is -2.24. The number of carbonyl (C=O) groups is 1. The third kappa shape index (κ3) is 4.44. The number of aromatic amines is 1. The molecule has 2 aromatic heterocycles. The van der Waals surface area contributed by atoms with Crippen molar-refractivity contribution in [2.24, 2.45) is 4.99 Å². The van der Waals surface area contributed by atoms with Crippen molar-refractivity contribution in [3.63, 3.8) is 0 Å². The molecule has 0 saturated heterocycles. The summed E-state index contributed by atoms with van der Waals surface area (Å²) in [5.74, 6) is 0.187. The second-order valence-corrected chi connectivity index (χ2v) is 9.69. The number of carbonyl (C=O) groups excluding carboxylic acids is 1. The molecule has 2 aromatic carbocycles. The SMILES string of the molecule is C=CCOc1ccc([C@@H]2C(C(=O)OCC)=C(C)N=c3s/c(=C\c4c(C)[nH]c5ccccc45)c(=O)n32)cc1. The van der Waals surface area contributed by atoms with E-state index in [0.29, 0.717) is 33.0 Å². The van der Waals surface area contributed by atoms with Crippen LogP contribution in [0.1, 0.15) is 36.7 Å². The highest BCUT2D eigenvalue weighted by molar-refractivity contribution is 7.07. The van der Waals surface area contributed by atoms with Crippen molar-refractivity contribution in [3.05, 3.63) is 109 Å². The average Bonchev–Trinajstić information content (AvgIpc) is 3.37. The number of allylic oxidation sites excluding steroid dienone is 1. The number of aromatic nitrogens is 2. The molecule has 0 amide bonds. The molecule has 1 atom stereocenters. The van der Waals surface area contributed by atoms with Crippen molar-refractivity contribution >= 4 is 34.3 Å². The summed E-state index contributed by atoms with van der Waals surface area (Å²) in [5.41, 5.74) is 4.38. The molecule has 3 heterocycles. The molecule has 1 N–H and O–H groups in total. The number of benzene rings is 2. The molecule has 5 rings (SSSR count). The largest absolute Gasteiger partial charge is 0.490 e. The summed E-state index contributed by atoms with van der Waals surface area (Å²) >= 11 is 1.31. The van der Waals surface area contributed by atoms with Gasteiger partial charge in [-0.3, -0.25) is 9.36 Å². The van der Waals surface area contributed by atoms with Crippen LogP contribution in [0.25, 0.3) is 17.0 Å². The number of nitrogens with zero attached hydrogens (tertiary/aromatic N) is 2. The first kappa shape index (κ1) is 24.5. The summed E-state index contributed by atoms with van der Waals surface area (Å²) in [6.07, 6.45) is 3.58. The Labute approximate surface area is 217 Å². The van der Waals surface area contributed by atoms with Crippen LogP contribution in [0.15, 0.2) is 82.2 Å². The molecular weight excluding hydrogens is 486 g/mol. The van der Waals surface area contributed by atoms with Gasteiger partial charge < -0.3 is 14.5 Å². The fourth-order valence-corrected chi connectivity index (χ4v) is 5.65. The molecule has 0 bridgehead atoms. The predicted octanol–water partition coefficient (Wildman–Crippen LogP) is 4.15. The lowest BCUT2D eigenvalue weighted by Crippen LogP contribution is -2.39. The summed E-state index contributed by atoms with van der Waals surface area (Å²) in [6, 6.07) is 14.7. The minimum absolute atomic E-state index is 0.209. The van der Waals surface area contributed by atoms with Gasteiger partial charge >= 0.3 is 5.97 Å². The Morgan fingerprint density at radius 2 is 1.95 bits per heavy atom. The molecule has 37 heavy (non-hydrogen) atoms. The first-order valence-electron chi connectivity index (χ1n) is 12.0. The second-order valence-electron chi connectivity index (χ2n) is 8.68. The summed E-state index contributed by atoms with van der Waals surface area (Å²) in [7, 11) is 0. The molecule has 1 aliphatic rings. The molecule has 0 unspecified atom stereocenters. The van der Waals surface area contributed by atoms with E-state index < -0.39 is 12.0 Å². The van der Waals surface area contributed by atoms with E-state index in [4.69, 9.17) is 9.47 Å².